The predicted molar refractivity (Wildman–Crippen MR) is 74.9 cm³/mol. The van der Waals surface area contributed by atoms with Crippen molar-refractivity contribution in [2.24, 2.45) is 0 Å². The van der Waals surface area contributed by atoms with Crippen LogP contribution in [0.1, 0.15) is 18.9 Å². The van der Waals surface area contributed by atoms with Crippen molar-refractivity contribution in [1.29, 1.82) is 0 Å². The van der Waals surface area contributed by atoms with Crippen LogP contribution in [-0.4, -0.2) is 6.61 Å². The van der Waals surface area contributed by atoms with Gasteiger partial charge in [0, 0.05) is 16.2 Å². The summed E-state index contributed by atoms with van der Waals surface area (Å²) in [7, 11) is 0. The predicted octanol–water partition coefficient (Wildman–Crippen LogP) is 4.47. The first-order valence-corrected chi connectivity index (χ1v) is 7.05. The van der Waals surface area contributed by atoms with Crippen molar-refractivity contribution in [3.8, 4) is 0 Å². The van der Waals surface area contributed by atoms with Crippen LogP contribution in [0.2, 0.25) is 0 Å². The third kappa shape index (κ3) is 2.31. The van der Waals surface area contributed by atoms with E-state index in [9.17, 15) is 0 Å². The highest BCUT2D eigenvalue weighted by molar-refractivity contribution is 7.99. The molecule has 2 heteroatoms. The van der Waals surface area contributed by atoms with Gasteiger partial charge in [-0.25, -0.2) is 0 Å². The van der Waals surface area contributed by atoms with Crippen molar-refractivity contribution in [2.45, 2.75) is 28.7 Å². The molecule has 0 amide bonds. The standard InChI is InChI=1S/C16H16OS/c1-16(11-12-17-16)13-7-9-15(10-8-13)18-14-5-3-2-4-6-14/h2-10H,11-12H2,1H3. The van der Waals surface area contributed by atoms with Crippen LogP contribution in [0.5, 0.6) is 0 Å². The summed E-state index contributed by atoms with van der Waals surface area (Å²) < 4.78 is 5.66. The lowest BCUT2D eigenvalue weighted by Gasteiger charge is -2.39. The van der Waals surface area contributed by atoms with Crippen LogP contribution < -0.4 is 0 Å². The molecule has 2 aromatic carbocycles. The molecule has 0 aliphatic carbocycles. The molecule has 2 aromatic rings. The lowest BCUT2D eigenvalue weighted by Crippen LogP contribution is -2.37. The van der Waals surface area contributed by atoms with Gasteiger partial charge in [-0.15, -0.1) is 0 Å². The van der Waals surface area contributed by atoms with Gasteiger partial charge in [-0.3, -0.25) is 0 Å². The number of hydrogen-bond donors (Lipinski definition) is 0. The van der Waals surface area contributed by atoms with Gasteiger partial charge in [-0.1, -0.05) is 42.1 Å². The largest absolute Gasteiger partial charge is 0.370 e. The zero-order chi connectivity index (χ0) is 12.4. The van der Waals surface area contributed by atoms with E-state index < -0.39 is 0 Å². The molecule has 1 unspecified atom stereocenters. The van der Waals surface area contributed by atoms with Crippen molar-refractivity contribution in [3.63, 3.8) is 0 Å². The third-order valence-electron chi connectivity index (χ3n) is 3.44. The van der Waals surface area contributed by atoms with Gasteiger partial charge < -0.3 is 4.74 Å². The van der Waals surface area contributed by atoms with E-state index in [0.717, 1.165) is 13.0 Å². The van der Waals surface area contributed by atoms with E-state index in [1.807, 2.05) is 6.07 Å². The molecule has 0 aromatic heterocycles. The van der Waals surface area contributed by atoms with Gasteiger partial charge in [0.15, 0.2) is 0 Å². The fourth-order valence-electron chi connectivity index (χ4n) is 2.14. The molecule has 3 rings (SSSR count). The maximum Gasteiger partial charge on any atom is 0.0925 e. The minimum atomic E-state index is -0.0457. The first-order valence-electron chi connectivity index (χ1n) is 6.24. The molecule has 1 fully saturated rings. The zero-order valence-electron chi connectivity index (χ0n) is 10.4. The molecule has 0 spiro atoms. The highest BCUT2D eigenvalue weighted by Crippen LogP contribution is 2.37. The highest BCUT2D eigenvalue weighted by Gasteiger charge is 2.34. The summed E-state index contributed by atoms with van der Waals surface area (Å²) >= 11 is 1.79. The monoisotopic (exact) mass is 256 g/mol. The minimum absolute atomic E-state index is 0.0457. The molecule has 0 radical (unpaired) electrons. The van der Waals surface area contributed by atoms with E-state index in [2.05, 4.69) is 55.5 Å². The Labute approximate surface area is 112 Å². The fraction of sp³-hybridized carbons (Fsp3) is 0.250. The molecule has 1 heterocycles. The Morgan fingerprint density at radius 2 is 1.56 bits per heavy atom. The Bertz CT molecular complexity index is 515. The molecule has 18 heavy (non-hydrogen) atoms. The van der Waals surface area contributed by atoms with Gasteiger partial charge in [-0.2, -0.15) is 0 Å². The summed E-state index contributed by atoms with van der Waals surface area (Å²) in [5.41, 5.74) is 1.24. The van der Waals surface area contributed by atoms with Gasteiger partial charge in [0.25, 0.3) is 0 Å². The molecular formula is C16H16OS. The van der Waals surface area contributed by atoms with Gasteiger partial charge in [0.1, 0.15) is 0 Å². The maximum absolute atomic E-state index is 5.66. The van der Waals surface area contributed by atoms with Crippen LogP contribution in [0, 0.1) is 0 Å². The van der Waals surface area contributed by atoms with Crippen molar-refractivity contribution in [3.05, 3.63) is 60.2 Å². The second-order valence-electron chi connectivity index (χ2n) is 4.77. The zero-order valence-corrected chi connectivity index (χ0v) is 11.2. The summed E-state index contributed by atoms with van der Waals surface area (Å²) in [6.45, 7) is 3.05. The van der Waals surface area contributed by atoms with Crippen LogP contribution >= 0.6 is 11.8 Å². The Morgan fingerprint density at radius 1 is 0.944 bits per heavy atom. The summed E-state index contributed by atoms with van der Waals surface area (Å²) in [6, 6.07) is 19.2. The van der Waals surface area contributed by atoms with Crippen molar-refractivity contribution in [1.82, 2.24) is 0 Å². The lowest BCUT2D eigenvalue weighted by atomic mass is 9.89. The average molecular weight is 256 g/mol. The van der Waals surface area contributed by atoms with E-state index >= 15 is 0 Å². The van der Waals surface area contributed by atoms with Gasteiger partial charge in [0.05, 0.1) is 12.2 Å². The van der Waals surface area contributed by atoms with Crippen molar-refractivity contribution in [2.75, 3.05) is 6.61 Å². The van der Waals surface area contributed by atoms with Crippen LogP contribution in [-0.2, 0) is 10.3 Å². The Morgan fingerprint density at radius 3 is 2.11 bits per heavy atom. The maximum atomic E-state index is 5.66. The molecule has 0 N–H and O–H groups in total. The third-order valence-corrected chi connectivity index (χ3v) is 4.46. The molecular weight excluding hydrogens is 240 g/mol. The van der Waals surface area contributed by atoms with Crippen LogP contribution in [0.3, 0.4) is 0 Å². The Kier molecular flexibility index (Phi) is 3.14. The topological polar surface area (TPSA) is 9.23 Å². The molecule has 92 valence electrons. The first kappa shape index (κ1) is 11.8. The van der Waals surface area contributed by atoms with Gasteiger partial charge >= 0.3 is 0 Å². The average Bonchev–Trinajstić information content (AvgIpc) is 2.38. The summed E-state index contributed by atoms with van der Waals surface area (Å²) in [6.07, 6.45) is 1.12. The molecule has 1 aliphatic heterocycles. The summed E-state index contributed by atoms with van der Waals surface area (Å²) in [4.78, 5) is 2.55. The SMILES string of the molecule is CC1(c2ccc(Sc3ccccc3)cc2)CCO1. The first-order chi connectivity index (χ1) is 8.76. The molecule has 0 bridgehead atoms. The van der Waals surface area contributed by atoms with Gasteiger partial charge in [0.2, 0.25) is 0 Å². The van der Waals surface area contributed by atoms with E-state index in [-0.39, 0.29) is 5.60 Å². The Hall–Kier alpha value is -1.25. The van der Waals surface area contributed by atoms with Crippen molar-refractivity contribution >= 4 is 11.8 Å². The van der Waals surface area contributed by atoms with E-state index in [1.165, 1.54) is 15.4 Å². The highest BCUT2D eigenvalue weighted by atomic mass is 32.2. The number of rotatable bonds is 3. The van der Waals surface area contributed by atoms with Crippen LogP contribution in [0.15, 0.2) is 64.4 Å². The molecule has 1 atom stereocenters. The summed E-state index contributed by atoms with van der Waals surface area (Å²) in [5, 5.41) is 0. The molecule has 1 nitrogen and oxygen atoms in total. The van der Waals surface area contributed by atoms with E-state index in [0.29, 0.717) is 0 Å². The normalized spacial score (nSPS) is 22.5. The van der Waals surface area contributed by atoms with E-state index in [4.69, 9.17) is 4.74 Å². The van der Waals surface area contributed by atoms with Crippen LogP contribution in [0.25, 0.3) is 0 Å². The lowest BCUT2D eigenvalue weighted by molar-refractivity contribution is -0.140. The summed E-state index contributed by atoms with van der Waals surface area (Å²) in [5.74, 6) is 0. The Balaban J connectivity index is 1.75. The number of ether oxygens (including phenoxy) is 1. The second-order valence-corrected chi connectivity index (χ2v) is 5.92. The van der Waals surface area contributed by atoms with Gasteiger partial charge in [-0.05, 0) is 36.8 Å². The molecule has 1 aliphatic rings. The van der Waals surface area contributed by atoms with Crippen molar-refractivity contribution < 1.29 is 4.74 Å². The fourth-order valence-corrected chi connectivity index (χ4v) is 2.97. The second kappa shape index (κ2) is 4.79. The smallest absolute Gasteiger partial charge is 0.0925 e. The molecule has 1 saturated heterocycles. The quantitative estimate of drug-likeness (QED) is 0.801. The number of benzene rings is 2. The number of hydrogen-bond acceptors (Lipinski definition) is 2. The minimum Gasteiger partial charge on any atom is -0.370 e. The van der Waals surface area contributed by atoms with E-state index in [1.54, 1.807) is 11.8 Å². The van der Waals surface area contributed by atoms with Crippen LogP contribution in [0.4, 0.5) is 0 Å². The molecule has 0 saturated carbocycles.